The van der Waals surface area contributed by atoms with Gasteiger partial charge in [0.25, 0.3) is 0 Å². The summed E-state index contributed by atoms with van der Waals surface area (Å²) >= 11 is 0. The van der Waals surface area contributed by atoms with Crippen LogP contribution in [0.1, 0.15) is 11.3 Å². The Morgan fingerprint density at radius 2 is 2.21 bits per heavy atom. The van der Waals surface area contributed by atoms with Gasteiger partial charge in [0, 0.05) is 45.2 Å². The third-order valence-electron chi connectivity index (χ3n) is 4.30. The zero-order valence-electron chi connectivity index (χ0n) is 14.3. The highest BCUT2D eigenvalue weighted by Crippen LogP contribution is 2.17. The van der Waals surface area contributed by atoms with Crippen molar-refractivity contribution in [2.45, 2.75) is 20.0 Å². The fraction of sp³-hybridized carbons (Fsp3) is 0.444. The summed E-state index contributed by atoms with van der Waals surface area (Å²) < 4.78 is 2.01. The molecule has 1 unspecified atom stereocenters. The summed E-state index contributed by atoms with van der Waals surface area (Å²) in [7, 11) is 1.85. The molecule has 0 aliphatic carbocycles. The Morgan fingerprint density at radius 3 is 3.00 bits per heavy atom. The first-order valence-corrected chi connectivity index (χ1v) is 8.39. The van der Waals surface area contributed by atoms with Crippen molar-refractivity contribution in [3.05, 3.63) is 47.7 Å². The molecule has 0 spiro atoms. The summed E-state index contributed by atoms with van der Waals surface area (Å²) in [5.74, 6) is 1.63. The van der Waals surface area contributed by atoms with Gasteiger partial charge in [0.1, 0.15) is 5.82 Å². The van der Waals surface area contributed by atoms with Crippen LogP contribution < -0.4 is 10.6 Å². The smallest absolute Gasteiger partial charge is 0.236 e. The summed E-state index contributed by atoms with van der Waals surface area (Å²) in [4.78, 5) is 14.0. The molecule has 0 saturated carbocycles. The highest BCUT2D eigenvalue weighted by Gasteiger charge is 2.19. The molecule has 0 bridgehead atoms. The summed E-state index contributed by atoms with van der Waals surface area (Å²) in [5, 5.41) is 11.1. The number of carbonyl (C=O) groups excluding carboxylic acids is 1. The van der Waals surface area contributed by atoms with Crippen molar-refractivity contribution in [2.24, 2.45) is 5.92 Å². The van der Waals surface area contributed by atoms with E-state index in [4.69, 9.17) is 0 Å². The van der Waals surface area contributed by atoms with E-state index in [1.807, 2.05) is 49.0 Å². The number of likely N-dealkylation sites (N-methyl/N-ethyl adjacent to an activating group) is 1. The van der Waals surface area contributed by atoms with E-state index in [-0.39, 0.29) is 5.91 Å². The summed E-state index contributed by atoms with van der Waals surface area (Å²) in [5.41, 5.74) is 2.18. The van der Waals surface area contributed by atoms with Gasteiger partial charge in [-0.15, -0.1) is 0 Å². The maximum absolute atomic E-state index is 12.2. The number of carbonyl (C=O) groups is 1. The molecular formula is C18H25N5O. The normalized spacial score (nSPS) is 16.3. The third kappa shape index (κ3) is 4.14. The Hall–Kier alpha value is -2.34. The Morgan fingerprint density at radius 1 is 1.42 bits per heavy atom. The lowest BCUT2D eigenvalue weighted by molar-refractivity contribution is -0.129. The molecule has 1 aromatic heterocycles. The number of aryl methyl sites for hydroxylation is 1. The Labute approximate surface area is 142 Å². The SMILES string of the molecule is Cc1cc2n(n1)CC(CNCC(=O)N(C)Cc1ccccc1)CN2. The first kappa shape index (κ1) is 16.5. The number of nitrogens with zero attached hydrogens (tertiary/aromatic N) is 3. The molecule has 24 heavy (non-hydrogen) atoms. The van der Waals surface area contributed by atoms with Crippen LogP contribution in [0, 0.1) is 12.8 Å². The van der Waals surface area contributed by atoms with Crippen LogP contribution in [0.4, 0.5) is 5.82 Å². The predicted molar refractivity (Wildman–Crippen MR) is 94.7 cm³/mol. The second-order valence-electron chi connectivity index (χ2n) is 6.47. The van der Waals surface area contributed by atoms with Crippen molar-refractivity contribution < 1.29 is 4.79 Å². The number of hydrogen-bond acceptors (Lipinski definition) is 4. The molecule has 0 fully saturated rings. The number of rotatable bonds is 6. The zero-order valence-corrected chi connectivity index (χ0v) is 14.3. The van der Waals surface area contributed by atoms with Crippen molar-refractivity contribution in [2.75, 3.05) is 32.0 Å². The molecule has 3 rings (SSSR count). The van der Waals surface area contributed by atoms with Crippen molar-refractivity contribution in [3.8, 4) is 0 Å². The molecule has 6 nitrogen and oxygen atoms in total. The third-order valence-corrected chi connectivity index (χ3v) is 4.30. The summed E-state index contributed by atoms with van der Waals surface area (Å²) in [6.45, 7) is 5.61. The average molecular weight is 327 g/mol. The van der Waals surface area contributed by atoms with Crippen LogP contribution in [-0.2, 0) is 17.9 Å². The van der Waals surface area contributed by atoms with Crippen LogP contribution in [0.15, 0.2) is 36.4 Å². The number of aromatic nitrogens is 2. The van der Waals surface area contributed by atoms with Crippen molar-refractivity contribution >= 4 is 11.7 Å². The van der Waals surface area contributed by atoms with Gasteiger partial charge in [-0.25, -0.2) is 4.68 Å². The minimum absolute atomic E-state index is 0.109. The van der Waals surface area contributed by atoms with Gasteiger partial charge >= 0.3 is 0 Å². The van der Waals surface area contributed by atoms with Crippen molar-refractivity contribution in [1.29, 1.82) is 0 Å². The van der Waals surface area contributed by atoms with Crippen LogP contribution in [-0.4, -0.2) is 47.3 Å². The lowest BCUT2D eigenvalue weighted by Crippen LogP contribution is -2.40. The van der Waals surface area contributed by atoms with Crippen LogP contribution in [0.25, 0.3) is 0 Å². The Balaban J connectivity index is 1.41. The Bertz CT molecular complexity index is 682. The number of anilines is 1. The maximum atomic E-state index is 12.2. The van der Waals surface area contributed by atoms with Crippen LogP contribution >= 0.6 is 0 Å². The van der Waals surface area contributed by atoms with E-state index in [1.54, 1.807) is 4.90 Å². The molecule has 1 aromatic carbocycles. The van der Waals surface area contributed by atoms with Crippen LogP contribution in [0.5, 0.6) is 0 Å². The molecule has 6 heteroatoms. The predicted octanol–water partition coefficient (Wildman–Crippen LogP) is 1.48. The van der Waals surface area contributed by atoms with Gasteiger partial charge in [0.15, 0.2) is 0 Å². The highest BCUT2D eigenvalue weighted by molar-refractivity contribution is 5.77. The fourth-order valence-electron chi connectivity index (χ4n) is 2.99. The molecule has 1 aliphatic heterocycles. The first-order chi connectivity index (χ1) is 11.6. The van der Waals surface area contributed by atoms with Gasteiger partial charge in [-0.3, -0.25) is 4.79 Å². The largest absolute Gasteiger partial charge is 0.370 e. The molecule has 1 aliphatic rings. The number of fused-ring (bicyclic) bond motifs is 1. The van der Waals surface area contributed by atoms with E-state index in [9.17, 15) is 4.79 Å². The molecule has 128 valence electrons. The maximum Gasteiger partial charge on any atom is 0.236 e. The minimum atomic E-state index is 0.109. The van der Waals surface area contributed by atoms with E-state index in [1.165, 1.54) is 0 Å². The van der Waals surface area contributed by atoms with E-state index < -0.39 is 0 Å². The molecule has 0 saturated heterocycles. The van der Waals surface area contributed by atoms with Crippen LogP contribution in [0.3, 0.4) is 0 Å². The lowest BCUT2D eigenvalue weighted by Gasteiger charge is -2.25. The van der Waals surface area contributed by atoms with E-state index in [0.717, 1.165) is 36.7 Å². The van der Waals surface area contributed by atoms with Gasteiger partial charge in [-0.05, 0) is 12.5 Å². The molecule has 0 radical (unpaired) electrons. The number of nitrogens with one attached hydrogen (secondary N) is 2. The number of benzene rings is 1. The first-order valence-electron chi connectivity index (χ1n) is 8.39. The quantitative estimate of drug-likeness (QED) is 0.844. The monoisotopic (exact) mass is 327 g/mol. The lowest BCUT2D eigenvalue weighted by atomic mass is 10.1. The highest BCUT2D eigenvalue weighted by atomic mass is 16.2. The van der Waals surface area contributed by atoms with E-state index >= 15 is 0 Å². The fourth-order valence-corrected chi connectivity index (χ4v) is 2.99. The standard InChI is InChI=1S/C18H25N5O/c1-14-8-17-20-10-16(13-23(17)21-14)9-19-11-18(24)22(2)12-15-6-4-3-5-7-15/h3-8,16,19-20H,9-13H2,1-2H3. The van der Waals surface area contributed by atoms with Gasteiger partial charge in [0.2, 0.25) is 5.91 Å². The molecule has 1 amide bonds. The minimum Gasteiger partial charge on any atom is -0.370 e. The molecule has 2 aromatic rings. The molecule has 2 N–H and O–H groups in total. The van der Waals surface area contributed by atoms with Gasteiger partial charge in [-0.1, -0.05) is 30.3 Å². The van der Waals surface area contributed by atoms with E-state index in [0.29, 0.717) is 19.0 Å². The topological polar surface area (TPSA) is 62.2 Å². The second-order valence-corrected chi connectivity index (χ2v) is 6.47. The number of amides is 1. The van der Waals surface area contributed by atoms with Crippen molar-refractivity contribution in [3.63, 3.8) is 0 Å². The van der Waals surface area contributed by atoms with Crippen LogP contribution in [0.2, 0.25) is 0 Å². The summed E-state index contributed by atoms with van der Waals surface area (Å²) in [6, 6.07) is 12.1. The zero-order chi connectivity index (χ0) is 16.9. The average Bonchev–Trinajstić information content (AvgIpc) is 2.95. The molecule has 2 heterocycles. The molecule has 1 atom stereocenters. The summed E-state index contributed by atoms with van der Waals surface area (Å²) in [6.07, 6.45) is 0. The van der Waals surface area contributed by atoms with Gasteiger partial charge in [-0.2, -0.15) is 5.10 Å². The number of hydrogen-bond donors (Lipinski definition) is 2. The van der Waals surface area contributed by atoms with E-state index in [2.05, 4.69) is 21.8 Å². The Kier molecular flexibility index (Phi) is 5.15. The van der Waals surface area contributed by atoms with Crippen molar-refractivity contribution in [1.82, 2.24) is 20.0 Å². The molecular weight excluding hydrogens is 302 g/mol. The van der Waals surface area contributed by atoms with Gasteiger partial charge in [0.05, 0.1) is 12.2 Å². The van der Waals surface area contributed by atoms with Gasteiger partial charge < -0.3 is 15.5 Å². The second kappa shape index (κ2) is 7.49.